The van der Waals surface area contributed by atoms with Crippen LogP contribution in [0.15, 0.2) is 59.8 Å². The number of H-pyrrole nitrogens is 1. The minimum atomic E-state index is -0.182. The summed E-state index contributed by atoms with van der Waals surface area (Å²) in [4.78, 5) is 19.5. The van der Waals surface area contributed by atoms with Gasteiger partial charge in [0.05, 0.1) is 11.0 Å². The number of carbonyl (C=O) groups excluding carboxylic acids is 1. The van der Waals surface area contributed by atoms with Crippen LogP contribution in [0.2, 0.25) is 0 Å². The van der Waals surface area contributed by atoms with Crippen LogP contribution >= 0.6 is 11.9 Å². The van der Waals surface area contributed by atoms with Crippen molar-refractivity contribution in [3.05, 3.63) is 60.2 Å². The number of amides is 2. The fourth-order valence-electron chi connectivity index (χ4n) is 2.69. The van der Waals surface area contributed by atoms with Crippen molar-refractivity contribution in [3.8, 4) is 0 Å². The van der Waals surface area contributed by atoms with Gasteiger partial charge in [0, 0.05) is 23.9 Å². The van der Waals surface area contributed by atoms with Crippen molar-refractivity contribution in [1.29, 1.82) is 0 Å². The van der Waals surface area contributed by atoms with E-state index in [1.54, 1.807) is 0 Å². The number of para-hydroxylation sites is 2. The molecule has 0 bridgehead atoms. The van der Waals surface area contributed by atoms with Crippen molar-refractivity contribution in [3.63, 3.8) is 0 Å². The van der Waals surface area contributed by atoms with Gasteiger partial charge < -0.3 is 10.3 Å². The van der Waals surface area contributed by atoms with E-state index in [1.807, 2.05) is 42.5 Å². The SMILES string of the molecule is O=C(NSc1nc2ccccc2[nH]1)NC1CC1c1ccccc1. The lowest BCUT2D eigenvalue weighted by atomic mass is 10.1. The van der Waals surface area contributed by atoms with Crippen LogP contribution < -0.4 is 10.0 Å². The lowest BCUT2D eigenvalue weighted by Crippen LogP contribution is -2.33. The van der Waals surface area contributed by atoms with E-state index >= 15 is 0 Å². The van der Waals surface area contributed by atoms with Gasteiger partial charge in [-0.25, -0.2) is 9.78 Å². The number of urea groups is 1. The first-order valence-electron chi connectivity index (χ1n) is 7.52. The Bertz CT molecular complexity index is 800. The monoisotopic (exact) mass is 324 g/mol. The van der Waals surface area contributed by atoms with Crippen molar-refractivity contribution in [1.82, 2.24) is 20.0 Å². The Morgan fingerprint density at radius 2 is 1.91 bits per heavy atom. The van der Waals surface area contributed by atoms with Gasteiger partial charge in [-0.1, -0.05) is 42.5 Å². The van der Waals surface area contributed by atoms with Gasteiger partial charge in [-0.3, -0.25) is 4.72 Å². The Morgan fingerprint density at radius 3 is 2.74 bits per heavy atom. The van der Waals surface area contributed by atoms with Crippen LogP contribution in [0.25, 0.3) is 11.0 Å². The second-order valence-electron chi connectivity index (χ2n) is 5.60. The molecule has 23 heavy (non-hydrogen) atoms. The number of hydrogen-bond acceptors (Lipinski definition) is 3. The third-order valence-corrected chi connectivity index (χ3v) is 4.62. The summed E-state index contributed by atoms with van der Waals surface area (Å²) in [5.41, 5.74) is 3.13. The van der Waals surface area contributed by atoms with Crippen LogP contribution in [-0.4, -0.2) is 22.0 Å². The molecule has 2 unspecified atom stereocenters. The highest BCUT2D eigenvalue weighted by Gasteiger charge is 2.39. The minimum Gasteiger partial charge on any atom is -0.334 e. The average Bonchev–Trinajstić information content (AvgIpc) is 3.21. The van der Waals surface area contributed by atoms with E-state index in [9.17, 15) is 4.79 Å². The van der Waals surface area contributed by atoms with Crippen LogP contribution in [0, 0.1) is 0 Å². The number of hydrogen-bond donors (Lipinski definition) is 3. The maximum Gasteiger partial charge on any atom is 0.325 e. The molecule has 1 aliphatic rings. The van der Waals surface area contributed by atoms with Crippen LogP contribution in [0.5, 0.6) is 0 Å². The molecule has 116 valence electrons. The summed E-state index contributed by atoms with van der Waals surface area (Å²) in [6, 6.07) is 18.1. The van der Waals surface area contributed by atoms with E-state index in [4.69, 9.17) is 0 Å². The second-order valence-corrected chi connectivity index (χ2v) is 6.39. The van der Waals surface area contributed by atoms with Gasteiger partial charge >= 0.3 is 6.03 Å². The van der Waals surface area contributed by atoms with Gasteiger partial charge in [-0.2, -0.15) is 0 Å². The smallest absolute Gasteiger partial charge is 0.325 e. The molecular weight excluding hydrogens is 308 g/mol. The molecule has 0 spiro atoms. The largest absolute Gasteiger partial charge is 0.334 e. The zero-order valence-electron chi connectivity index (χ0n) is 12.3. The molecule has 2 amide bonds. The zero-order chi connectivity index (χ0) is 15.6. The van der Waals surface area contributed by atoms with Crippen molar-refractivity contribution in [2.75, 3.05) is 0 Å². The molecule has 0 saturated heterocycles. The quantitative estimate of drug-likeness (QED) is 0.644. The molecule has 5 nitrogen and oxygen atoms in total. The van der Waals surface area contributed by atoms with Crippen LogP contribution in [0.4, 0.5) is 4.79 Å². The third-order valence-electron chi connectivity index (χ3n) is 3.94. The van der Waals surface area contributed by atoms with Gasteiger partial charge in [-0.05, 0) is 24.1 Å². The van der Waals surface area contributed by atoms with E-state index in [0.29, 0.717) is 11.1 Å². The molecule has 1 saturated carbocycles. The lowest BCUT2D eigenvalue weighted by Gasteiger charge is -2.05. The number of aromatic amines is 1. The van der Waals surface area contributed by atoms with Crippen molar-refractivity contribution in [2.24, 2.45) is 0 Å². The maximum atomic E-state index is 12.0. The summed E-state index contributed by atoms with van der Waals surface area (Å²) in [6.45, 7) is 0. The topological polar surface area (TPSA) is 69.8 Å². The molecule has 1 aromatic heterocycles. The highest BCUT2D eigenvalue weighted by molar-refractivity contribution is 7.97. The molecule has 2 atom stereocenters. The van der Waals surface area contributed by atoms with Gasteiger partial charge in [0.1, 0.15) is 0 Å². The molecule has 6 heteroatoms. The van der Waals surface area contributed by atoms with Crippen LogP contribution in [0.3, 0.4) is 0 Å². The number of nitrogens with one attached hydrogen (secondary N) is 3. The van der Waals surface area contributed by atoms with E-state index in [1.165, 1.54) is 17.5 Å². The molecule has 2 aromatic carbocycles. The van der Waals surface area contributed by atoms with Gasteiger partial charge in [0.25, 0.3) is 0 Å². The third kappa shape index (κ3) is 3.17. The standard InChI is InChI=1S/C17H16N4OS/c22-16(18-15-10-12(15)11-6-2-1-3-7-11)21-23-17-19-13-8-4-5-9-14(13)20-17/h1-9,12,15H,10H2,(H,19,20)(H2,18,21,22). The van der Waals surface area contributed by atoms with E-state index in [-0.39, 0.29) is 12.1 Å². The van der Waals surface area contributed by atoms with E-state index < -0.39 is 0 Å². The maximum absolute atomic E-state index is 12.0. The molecule has 1 heterocycles. The number of nitrogens with zero attached hydrogens (tertiary/aromatic N) is 1. The Labute approximate surface area is 138 Å². The zero-order valence-corrected chi connectivity index (χ0v) is 13.1. The van der Waals surface area contributed by atoms with Crippen molar-refractivity contribution >= 4 is 29.0 Å². The predicted octanol–water partition coefficient (Wildman–Crippen LogP) is 3.43. The first-order chi connectivity index (χ1) is 11.3. The van der Waals surface area contributed by atoms with Gasteiger partial charge in [-0.15, -0.1) is 0 Å². The number of fused-ring (bicyclic) bond motifs is 1. The summed E-state index contributed by atoms with van der Waals surface area (Å²) in [5, 5.41) is 3.67. The highest BCUT2D eigenvalue weighted by Crippen LogP contribution is 2.40. The summed E-state index contributed by atoms with van der Waals surface area (Å²) >= 11 is 1.19. The number of rotatable bonds is 4. The van der Waals surface area contributed by atoms with Crippen molar-refractivity contribution < 1.29 is 4.79 Å². The molecule has 1 fully saturated rings. The fourth-order valence-corrected chi connectivity index (χ4v) is 3.25. The van der Waals surface area contributed by atoms with E-state index in [2.05, 4.69) is 32.1 Å². The van der Waals surface area contributed by atoms with Crippen LogP contribution in [-0.2, 0) is 0 Å². The number of imidazole rings is 1. The number of aromatic nitrogens is 2. The fraction of sp³-hybridized carbons (Fsp3) is 0.176. The second kappa shape index (κ2) is 5.96. The Hall–Kier alpha value is -2.47. The molecule has 3 N–H and O–H groups in total. The Morgan fingerprint density at radius 1 is 1.13 bits per heavy atom. The molecular formula is C17H16N4OS. The molecule has 4 rings (SSSR count). The lowest BCUT2D eigenvalue weighted by molar-refractivity contribution is 0.246. The Kier molecular flexibility index (Phi) is 3.67. The highest BCUT2D eigenvalue weighted by atomic mass is 32.2. The van der Waals surface area contributed by atoms with Crippen molar-refractivity contribution in [2.45, 2.75) is 23.5 Å². The van der Waals surface area contributed by atoms with Gasteiger partial charge in [0.15, 0.2) is 5.16 Å². The molecule has 0 radical (unpaired) electrons. The average molecular weight is 324 g/mol. The normalized spacial score (nSPS) is 19.5. The molecule has 0 aliphatic heterocycles. The molecule has 1 aliphatic carbocycles. The first-order valence-corrected chi connectivity index (χ1v) is 8.34. The summed E-state index contributed by atoms with van der Waals surface area (Å²) in [7, 11) is 0. The van der Waals surface area contributed by atoms with Crippen LogP contribution in [0.1, 0.15) is 17.9 Å². The summed E-state index contributed by atoms with van der Waals surface area (Å²) in [5.74, 6) is 0.429. The minimum absolute atomic E-state index is 0.182. The van der Waals surface area contributed by atoms with E-state index in [0.717, 1.165) is 17.5 Å². The molecule has 3 aromatic rings. The predicted molar refractivity (Wildman–Crippen MR) is 91.2 cm³/mol. The Balaban J connectivity index is 1.29. The summed E-state index contributed by atoms with van der Waals surface area (Å²) < 4.78 is 2.78. The summed E-state index contributed by atoms with van der Waals surface area (Å²) in [6.07, 6.45) is 0.993. The first kappa shape index (κ1) is 14.1. The number of carbonyl (C=O) groups is 1. The van der Waals surface area contributed by atoms with Gasteiger partial charge in [0.2, 0.25) is 0 Å². The number of benzene rings is 2.